The van der Waals surface area contributed by atoms with Gasteiger partial charge in [-0.15, -0.1) is 0 Å². The van der Waals surface area contributed by atoms with Crippen LogP contribution in [-0.4, -0.2) is 26.7 Å². The Morgan fingerprint density at radius 1 is 1.23 bits per heavy atom. The molecule has 0 fully saturated rings. The van der Waals surface area contributed by atoms with E-state index >= 15 is 0 Å². The van der Waals surface area contributed by atoms with E-state index in [1.165, 1.54) is 0 Å². The summed E-state index contributed by atoms with van der Waals surface area (Å²) in [5, 5.41) is 9.41. The lowest BCUT2D eigenvalue weighted by Crippen LogP contribution is -2.18. The third kappa shape index (κ3) is 4.38. The molecule has 0 aliphatic rings. The van der Waals surface area contributed by atoms with Crippen molar-refractivity contribution in [2.45, 2.75) is 46.7 Å². The number of esters is 1. The first-order valence-corrected chi connectivity index (χ1v) is 10.1. The molecule has 2 aromatic heterocycles. The largest absolute Gasteiger partial charge is 0.462 e. The van der Waals surface area contributed by atoms with Crippen LogP contribution in [0.15, 0.2) is 40.7 Å². The number of ether oxygens (including phenoxy) is 1. The molecule has 0 radical (unpaired) electrons. The molecule has 156 valence electrons. The van der Waals surface area contributed by atoms with Gasteiger partial charge in [0.2, 0.25) is 0 Å². The van der Waals surface area contributed by atoms with Crippen LogP contribution in [0.2, 0.25) is 0 Å². The van der Waals surface area contributed by atoms with E-state index < -0.39 is 5.97 Å². The number of aromatic nitrogens is 3. The van der Waals surface area contributed by atoms with Gasteiger partial charge in [0, 0.05) is 24.5 Å². The maximum absolute atomic E-state index is 12.4. The predicted molar refractivity (Wildman–Crippen MR) is 116 cm³/mol. The fourth-order valence-electron chi connectivity index (χ4n) is 3.63. The zero-order valence-corrected chi connectivity index (χ0v) is 17.6. The van der Waals surface area contributed by atoms with Gasteiger partial charge < -0.3 is 14.3 Å². The molecule has 0 saturated carbocycles. The summed E-state index contributed by atoms with van der Waals surface area (Å²) in [7, 11) is 0. The highest BCUT2D eigenvalue weighted by atomic mass is 16.5. The summed E-state index contributed by atoms with van der Waals surface area (Å²) in [6, 6.07) is 11.4. The summed E-state index contributed by atoms with van der Waals surface area (Å²) in [6.07, 6.45) is 3.06. The molecule has 0 amide bonds. The second-order valence-corrected chi connectivity index (χ2v) is 7.24. The lowest BCUT2D eigenvalue weighted by molar-refractivity contribution is -0.138. The number of carbonyl (C=O) groups is 1. The Morgan fingerprint density at radius 2 is 2.00 bits per heavy atom. The molecule has 1 aromatic carbocycles. The quantitative estimate of drug-likeness (QED) is 0.267. The van der Waals surface area contributed by atoms with Gasteiger partial charge in [-0.05, 0) is 56.5 Å². The fourth-order valence-corrected chi connectivity index (χ4v) is 3.63. The molecule has 2 heterocycles. The predicted octanol–water partition coefficient (Wildman–Crippen LogP) is 3.70. The van der Waals surface area contributed by atoms with E-state index in [9.17, 15) is 14.9 Å². The number of rotatable bonds is 8. The lowest BCUT2D eigenvalue weighted by atomic mass is 10.1. The highest BCUT2D eigenvalue weighted by Crippen LogP contribution is 2.19. The van der Waals surface area contributed by atoms with Crippen LogP contribution in [0.4, 0.5) is 0 Å². The average molecular weight is 406 g/mol. The minimum Gasteiger partial charge on any atom is -0.462 e. The molecule has 7 nitrogen and oxygen atoms in total. The number of hydrogen-bond donors (Lipinski definition) is 1. The first-order valence-electron chi connectivity index (χ1n) is 10.1. The SMILES string of the molecule is CCCn1c(C)cc(/C=C(/C#N)C(=O)OCCCn2c(=O)[nH]c3ccccc32)c1C. The standard InChI is InChI=1S/C23H26N4O3/c1-4-10-26-16(2)13-18(17(26)3)14-19(15-24)22(28)30-12-7-11-27-21-9-6-5-8-20(21)25-23(27)29/h5-6,8-9,13-14H,4,7,10-12H2,1-3H3,(H,25,29)/b19-14-. The number of nitrogens with one attached hydrogen (secondary N) is 1. The molecular formula is C23H26N4O3. The van der Waals surface area contributed by atoms with Crippen LogP contribution in [0.5, 0.6) is 0 Å². The molecule has 3 aromatic rings. The van der Waals surface area contributed by atoms with Crippen molar-refractivity contribution < 1.29 is 9.53 Å². The van der Waals surface area contributed by atoms with Gasteiger partial charge in [0.25, 0.3) is 0 Å². The van der Waals surface area contributed by atoms with Crippen molar-refractivity contribution in [3.8, 4) is 6.07 Å². The maximum atomic E-state index is 12.4. The Bertz CT molecular complexity index is 1190. The smallest absolute Gasteiger partial charge is 0.348 e. The number of fused-ring (bicyclic) bond motifs is 1. The highest BCUT2D eigenvalue weighted by molar-refractivity contribution is 5.98. The molecule has 0 aliphatic carbocycles. The van der Waals surface area contributed by atoms with Crippen molar-refractivity contribution >= 4 is 23.1 Å². The van der Waals surface area contributed by atoms with Gasteiger partial charge in [-0.2, -0.15) is 5.26 Å². The van der Waals surface area contributed by atoms with E-state index in [1.807, 2.05) is 50.2 Å². The molecule has 0 aliphatic heterocycles. The number of hydrogen-bond acceptors (Lipinski definition) is 4. The molecule has 0 atom stereocenters. The number of para-hydroxylation sites is 2. The van der Waals surface area contributed by atoms with E-state index in [0.717, 1.165) is 41.0 Å². The van der Waals surface area contributed by atoms with E-state index in [-0.39, 0.29) is 17.9 Å². The summed E-state index contributed by atoms with van der Waals surface area (Å²) >= 11 is 0. The van der Waals surface area contributed by atoms with Crippen LogP contribution in [-0.2, 0) is 22.6 Å². The Hall–Kier alpha value is -3.53. The Balaban J connectivity index is 1.63. The van der Waals surface area contributed by atoms with Crippen LogP contribution in [0.3, 0.4) is 0 Å². The van der Waals surface area contributed by atoms with Crippen LogP contribution in [0.1, 0.15) is 36.7 Å². The van der Waals surface area contributed by atoms with E-state index in [2.05, 4.69) is 16.5 Å². The minimum atomic E-state index is -0.649. The molecular weight excluding hydrogens is 380 g/mol. The number of benzene rings is 1. The zero-order valence-electron chi connectivity index (χ0n) is 17.6. The summed E-state index contributed by atoms with van der Waals surface area (Å²) in [5.41, 5.74) is 4.33. The number of imidazole rings is 1. The van der Waals surface area contributed by atoms with Gasteiger partial charge in [-0.3, -0.25) is 4.57 Å². The second kappa shape index (κ2) is 9.31. The molecule has 0 spiro atoms. The van der Waals surface area contributed by atoms with Crippen LogP contribution < -0.4 is 5.69 Å². The zero-order chi connectivity index (χ0) is 21.7. The van der Waals surface area contributed by atoms with Crippen LogP contribution >= 0.6 is 0 Å². The monoisotopic (exact) mass is 406 g/mol. The number of aryl methyl sites for hydroxylation is 2. The van der Waals surface area contributed by atoms with Crippen LogP contribution in [0, 0.1) is 25.2 Å². The molecule has 0 bridgehead atoms. The van der Waals surface area contributed by atoms with Gasteiger partial charge >= 0.3 is 11.7 Å². The van der Waals surface area contributed by atoms with Gasteiger partial charge in [0.15, 0.2) is 0 Å². The van der Waals surface area contributed by atoms with Crippen molar-refractivity contribution in [3.63, 3.8) is 0 Å². The summed E-state index contributed by atoms with van der Waals surface area (Å²) in [4.78, 5) is 27.2. The van der Waals surface area contributed by atoms with Gasteiger partial charge in [0.05, 0.1) is 17.6 Å². The molecule has 0 saturated heterocycles. The van der Waals surface area contributed by atoms with E-state index in [4.69, 9.17) is 4.74 Å². The summed E-state index contributed by atoms with van der Waals surface area (Å²) in [5.74, 6) is -0.649. The number of H-pyrrole nitrogens is 1. The van der Waals surface area contributed by atoms with E-state index in [1.54, 1.807) is 10.6 Å². The minimum absolute atomic E-state index is 0.0315. The average Bonchev–Trinajstić information content (AvgIpc) is 3.19. The second-order valence-electron chi connectivity index (χ2n) is 7.24. The number of nitrogens with zero attached hydrogens (tertiary/aromatic N) is 3. The Labute approximate surface area is 175 Å². The topological polar surface area (TPSA) is 92.8 Å². The van der Waals surface area contributed by atoms with Crippen molar-refractivity contribution in [3.05, 3.63) is 63.3 Å². The Kier molecular flexibility index (Phi) is 6.58. The summed E-state index contributed by atoms with van der Waals surface area (Å²) < 4.78 is 9.07. The molecule has 30 heavy (non-hydrogen) atoms. The molecule has 0 unspecified atom stereocenters. The first-order chi connectivity index (χ1) is 14.5. The normalized spacial score (nSPS) is 11.6. The van der Waals surface area contributed by atoms with Gasteiger partial charge in [-0.25, -0.2) is 9.59 Å². The molecule has 3 rings (SSSR count). The van der Waals surface area contributed by atoms with Crippen LogP contribution in [0.25, 0.3) is 17.1 Å². The lowest BCUT2D eigenvalue weighted by Gasteiger charge is -2.07. The summed E-state index contributed by atoms with van der Waals surface area (Å²) in [6.45, 7) is 7.53. The third-order valence-corrected chi connectivity index (χ3v) is 5.14. The fraction of sp³-hybridized carbons (Fsp3) is 0.348. The number of carbonyl (C=O) groups excluding carboxylic acids is 1. The number of aromatic amines is 1. The Morgan fingerprint density at radius 3 is 2.73 bits per heavy atom. The van der Waals surface area contributed by atoms with Crippen molar-refractivity contribution in [1.82, 2.24) is 14.1 Å². The maximum Gasteiger partial charge on any atom is 0.348 e. The highest BCUT2D eigenvalue weighted by Gasteiger charge is 2.14. The molecule has 7 heteroatoms. The van der Waals surface area contributed by atoms with E-state index in [0.29, 0.717) is 13.0 Å². The number of nitriles is 1. The van der Waals surface area contributed by atoms with Crippen molar-refractivity contribution in [1.29, 1.82) is 5.26 Å². The van der Waals surface area contributed by atoms with Crippen molar-refractivity contribution in [2.24, 2.45) is 0 Å². The van der Waals surface area contributed by atoms with Crippen molar-refractivity contribution in [2.75, 3.05) is 6.61 Å². The van der Waals surface area contributed by atoms with Gasteiger partial charge in [-0.1, -0.05) is 19.1 Å². The third-order valence-electron chi connectivity index (χ3n) is 5.14. The molecule has 1 N–H and O–H groups in total. The first kappa shape index (κ1) is 21.2. The van der Waals surface area contributed by atoms with Gasteiger partial charge in [0.1, 0.15) is 11.6 Å².